The van der Waals surface area contributed by atoms with Crippen LogP contribution in [0.3, 0.4) is 0 Å². The van der Waals surface area contributed by atoms with Gasteiger partial charge in [-0.15, -0.1) is 0 Å². The number of para-hydroxylation sites is 1. The third kappa shape index (κ3) is 3.24. The van der Waals surface area contributed by atoms with Crippen molar-refractivity contribution in [2.75, 3.05) is 13.7 Å². The minimum atomic E-state index is -0.200. The lowest BCUT2D eigenvalue weighted by atomic mass is 10.0. The maximum absolute atomic E-state index is 9.91. The molecule has 1 aromatic carbocycles. The fourth-order valence-corrected chi connectivity index (χ4v) is 2.34. The van der Waals surface area contributed by atoms with Crippen LogP contribution in [0.2, 0.25) is 0 Å². The molecule has 0 aromatic heterocycles. The van der Waals surface area contributed by atoms with Crippen LogP contribution < -0.4 is 10.1 Å². The van der Waals surface area contributed by atoms with E-state index in [1.807, 2.05) is 18.2 Å². The zero-order valence-electron chi connectivity index (χ0n) is 11.2. The van der Waals surface area contributed by atoms with Gasteiger partial charge in [-0.05, 0) is 31.2 Å². The lowest BCUT2D eigenvalue weighted by Gasteiger charge is -2.21. The molecule has 2 rings (SSSR count). The highest BCUT2D eigenvalue weighted by molar-refractivity contribution is 5.35. The lowest BCUT2D eigenvalue weighted by Crippen LogP contribution is -2.31. The number of aliphatic hydroxyl groups is 1. The van der Waals surface area contributed by atoms with E-state index in [1.165, 1.54) is 18.4 Å². The van der Waals surface area contributed by atoms with E-state index in [2.05, 4.69) is 18.3 Å². The van der Waals surface area contributed by atoms with Gasteiger partial charge < -0.3 is 15.2 Å². The van der Waals surface area contributed by atoms with E-state index in [0.717, 1.165) is 12.2 Å². The van der Waals surface area contributed by atoms with Crippen molar-refractivity contribution in [1.82, 2.24) is 5.32 Å². The smallest absolute Gasteiger partial charge is 0.123 e. The molecule has 0 bridgehead atoms. The molecule has 2 atom stereocenters. The Morgan fingerprint density at radius 1 is 1.39 bits per heavy atom. The van der Waals surface area contributed by atoms with Gasteiger partial charge in [-0.3, -0.25) is 0 Å². The van der Waals surface area contributed by atoms with Gasteiger partial charge in [0.15, 0.2) is 0 Å². The van der Waals surface area contributed by atoms with Gasteiger partial charge in [0.1, 0.15) is 5.75 Å². The monoisotopic (exact) mass is 249 g/mol. The number of methoxy groups -OCH3 is 1. The maximum atomic E-state index is 9.91. The Kier molecular flexibility index (Phi) is 4.61. The highest BCUT2D eigenvalue weighted by atomic mass is 16.5. The molecule has 3 heteroatoms. The predicted molar refractivity (Wildman–Crippen MR) is 72.8 cm³/mol. The first-order valence-electron chi connectivity index (χ1n) is 6.80. The van der Waals surface area contributed by atoms with Crippen LogP contribution in [0.4, 0.5) is 0 Å². The Balaban J connectivity index is 1.98. The van der Waals surface area contributed by atoms with Crippen LogP contribution in [0.15, 0.2) is 24.3 Å². The van der Waals surface area contributed by atoms with Crippen molar-refractivity contribution < 1.29 is 9.84 Å². The topological polar surface area (TPSA) is 41.5 Å². The summed E-state index contributed by atoms with van der Waals surface area (Å²) in [5.74, 6) is 1.44. The Morgan fingerprint density at radius 2 is 2.11 bits per heavy atom. The van der Waals surface area contributed by atoms with Crippen molar-refractivity contribution in [2.24, 2.45) is 5.92 Å². The molecule has 2 unspecified atom stereocenters. The zero-order chi connectivity index (χ0) is 13.0. The number of rotatable bonds is 7. The summed E-state index contributed by atoms with van der Waals surface area (Å²) in [5, 5.41) is 13.4. The molecule has 0 aliphatic heterocycles. The van der Waals surface area contributed by atoms with Crippen LogP contribution in [0.1, 0.15) is 37.8 Å². The van der Waals surface area contributed by atoms with Gasteiger partial charge in [0, 0.05) is 18.2 Å². The van der Waals surface area contributed by atoms with E-state index in [-0.39, 0.29) is 12.1 Å². The van der Waals surface area contributed by atoms with Crippen LogP contribution in [-0.2, 0) is 0 Å². The lowest BCUT2D eigenvalue weighted by molar-refractivity contribution is 0.144. The van der Waals surface area contributed by atoms with Crippen molar-refractivity contribution in [1.29, 1.82) is 0 Å². The van der Waals surface area contributed by atoms with Crippen LogP contribution in [0, 0.1) is 5.92 Å². The molecule has 18 heavy (non-hydrogen) atoms. The summed E-state index contributed by atoms with van der Waals surface area (Å²) < 4.78 is 5.39. The average molecular weight is 249 g/mol. The van der Waals surface area contributed by atoms with E-state index < -0.39 is 0 Å². The van der Waals surface area contributed by atoms with Crippen molar-refractivity contribution in [3.8, 4) is 5.75 Å². The number of aliphatic hydroxyl groups excluding tert-OH is 1. The summed E-state index contributed by atoms with van der Waals surface area (Å²) in [6.45, 7) is 2.81. The molecule has 2 N–H and O–H groups in total. The molecule has 1 fully saturated rings. The molecule has 0 heterocycles. The van der Waals surface area contributed by atoms with Crippen LogP contribution in [0.25, 0.3) is 0 Å². The average Bonchev–Trinajstić information content (AvgIpc) is 3.24. The van der Waals surface area contributed by atoms with E-state index in [0.29, 0.717) is 12.5 Å². The molecule has 1 aliphatic rings. The fourth-order valence-electron chi connectivity index (χ4n) is 2.34. The normalized spacial score (nSPS) is 18.4. The summed E-state index contributed by atoms with van der Waals surface area (Å²) in [7, 11) is 1.70. The second-order valence-corrected chi connectivity index (χ2v) is 5.02. The molecule has 0 spiro atoms. The Labute approximate surface area is 109 Å². The first-order chi connectivity index (χ1) is 8.76. The van der Waals surface area contributed by atoms with Crippen molar-refractivity contribution >= 4 is 0 Å². The number of hydrogen-bond donors (Lipinski definition) is 2. The molecule has 1 aliphatic carbocycles. The number of benzene rings is 1. The van der Waals surface area contributed by atoms with E-state index in [4.69, 9.17) is 4.74 Å². The summed E-state index contributed by atoms with van der Waals surface area (Å²) in [6.07, 6.45) is 3.13. The molecule has 1 aromatic rings. The van der Waals surface area contributed by atoms with Gasteiger partial charge in [-0.1, -0.05) is 25.1 Å². The van der Waals surface area contributed by atoms with E-state index >= 15 is 0 Å². The minimum absolute atomic E-state index is 0.200. The number of hydrogen-bond acceptors (Lipinski definition) is 3. The van der Waals surface area contributed by atoms with E-state index in [1.54, 1.807) is 7.11 Å². The SMILES string of the molecule is CCC(NCC(O)C1CC1)c1ccccc1OC. The van der Waals surface area contributed by atoms with Gasteiger partial charge in [-0.25, -0.2) is 0 Å². The quantitative estimate of drug-likeness (QED) is 0.780. The summed E-state index contributed by atoms with van der Waals surface area (Å²) >= 11 is 0. The molecular weight excluding hydrogens is 226 g/mol. The Bertz CT molecular complexity index is 377. The zero-order valence-corrected chi connectivity index (χ0v) is 11.2. The van der Waals surface area contributed by atoms with Gasteiger partial charge in [0.25, 0.3) is 0 Å². The van der Waals surface area contributed by atoms with Gasteiger partial charge in [0.05, 0.1) is 13.2 Å². The molecular formula is C15H23NO2. The standard InChI is InChI=1S/C15H23NO2/c1-3-13(16-10-14(17)11-8-9-11)12-6-4-5-7-15(12)18-2/h4-7,11,13-14,16-17H,3,8-10H2,1-2H3. The van der Waals surface area contributed by atoms with Crippen LogP contribution in [-0.4, -0.2) is 24.9 Å². The Morgan fingerprint density at radius 3 is 2.72 bits per heavy atom. The maximum Gasteiger partial charge on any atom is 0.123 e. The highest BCUT2D eigenvalue weighted by Gasteiger charge is 2.29. The third-order valence-electron chi connectivity index (χ3n) is 3.66. The van der Waals surface area contributed by atoms with Crippen LogP contribution in [0.5, 0.6) is 5.75 Å². The van der Waals surface area contributed by atoms with Crippen LogP contribution >= 0.6 is 0 Å². The fraction of sp³-hybridized carbons (Fsp3) is 0.600. The first-order valence-corrected chi connectivity index (χ1v) is 6.80. The van der Waals surface area contributed by atoms with Crippen molar-refractivity contribution in [3.05, 3.63) is 29.8 Å². The molecule has 100 valence electrons. The second-order valence-electron chi connectivity index (χ2n) is 5.02. The van der Waals surface area contributed by atoms with Gasteiger partial charge in [0.2, 0.25) is 0 Å². The molecule has 0 saturated heterocycles. The summed E-state index contributed by atoms with van der Waals surface area (Å²) in [4.78, 5) is 0. The second kappa shape index (κ2) is 6.21. The first kappa shape index (κ1) is 13.4. The highest BCUT2D eigenvalue weighted by Crippen LogP contribution is 2.33. The van der Waals surface area contributed by atoms with E-state index in [9.17, 15) is 5.11 Å². The van der Waals surface area contributed by atoms with Gasteiger partial charge >= 0.3 is 0 Å². The molecule has 3 nitrogen and oxygen atoms in total. The van der Waals surface area contributed by atoms with Crippen molar-refractivity contribution in [2.45, 2.75) is 38.3 Å². The largest absolute Gasteiger partial charge is 0.496 e. The summed E-state index contributed by atoms with van der Waals surface area (Å²) in [6, 6.07) is 8.32. The molecule has 0 amide bonds. The van der Waals surface area contributed by atoms with Crippen molar-refractivity contribution in [3.63, 3.8) is 0 Å². The minimum Gasteiger partial charge on any atom is -0.496 e. The molecule has 1 saturated carbocycles. The predicted octanol–water partition coefficient (Wildman–Crippen LogP) is 2.51. The van der Waals surface area contributed by atoms with Gasteiger partial charge in [-0.2, -0.15) is 0 Å². The number of nitrogens with one attached hydrogen (secondary N) is 1. The third-order valence-corrected chi connectivity index (χ3v) is 3.66. The summed E-state index contributed by atoms with van der Waals surface area (Å²) in [5.41, 5.74) is 1.17. The Hall–Kier alpha value is -1.06. The number of ether oxygens (including phenoxy) is 1. The molecule has 0 radical (unpaired) electrons.